The van der Waals surface area contributed by atoms with Crippen molar-refractivity contribution in [2.75, 3.05) is 6.61 Å². The molecule has 0 aromatic heterocycles. The van der Waals surface area contributed by atoms with Gasteiger partial charge in [-0.05, 0) is 31.0 Å². The zero-order valence-electron chi connectivity index (χ0n) is 12.6. The van der Waals surface area contributed by atoms with Gasteiger partial charge in [-0.1, -0.05) is 43.5 Å². The summed E-state index contributed by atoms with van der Waals surface area (Å²) in [6.45, 7) is 4.40. The Balaban J connectivity index is 2.62. The number of hydrogen-bond donors (Lipinski definition) is 1. The van der Waals surface area contributed by atoms with Gasteiger partial charge in [-0.3, -0.25) is 4.79 Å². The van der Waals surface area contributed by atoms with Gasteiger partial charge in [0.2, 0.25) is 0 Å². The SMILES string of the molecule is CC#C[C@H](CC(=O)O)c1ccc(OC/C=C/CCC)cc1. The molecular weight excluding hydrogens is 264 g/mol. The molecule has 1 rings (SSSR count). The highest BCUT2D eigenvalue weighted by atomic mass is 16.5. The van der Waals surface area contributed by atoms with Gasteiger partial charge >= 0.3 is 5.97 Å². The minimum absolute atomic E-state index is 0.0147. The van der Waals surface area contributed by atoms with E-state index in [1.54, 1.807) is 6.92 Å². The van der Waals surface area contributed by atoms with Gasteiger partial charge in [0, 0.05) is 0 Å². The van der Waals surface area contributed by atoms with E-state index in [9.17, 15) is 4.79 Å². The lowest BCUT2D eigenvalue weighted by molar-refractivity contribution is -0.137. The van der Waals surface area contributed by atoms with Crippen molar-refractivity contribution in [3.05, 3.63) is 42.0 Å². The Kier molecular flexibility index (Phi) is 7.74. The molecule has 0 bridgehead atoms. The number of unbranched alkanes of at least 4 members (excludes halogenated alkanes) is 1. The van der Waals surface area contributed by atoms with Crippen molar-refractivity contribution in [3.63, 3.8) is 0 Å². The maximum absolute atomic E-state index is 10.9. The maximum atomic E-state index is 10.9. The number of rotatable bonds is 8. The van der Waals surface area contributed by atoms with Crippen LogP contribution in [0.2, 0.25) is 0 Å². The molecule has 1 aromatic carbocycles. The van der Waals surface area contributed by atoms with Crippen molar-refractivity contribution in [3.8, 4) is 17.6 Å². The summed E-state index contributed by atoms with van der Waals surface area (Å²) in [5.74, 6) is 5.38. The normalized spacial score (nSPS) is 11.7. The summed E-state index contributed by atoms with van der Waals surface area (Å²) in [5, 5.41) is 8.91. The number of carboxylic acids is 1. The topological polar surface area (TPSA) is 46.5 Å². The highest BCUT2D eigenvalue weighted by Crippen LogP contribution is 2.22. The number of aliphatic carboxylic acids is 1. The van der Waals surface area contributed by atoms with Crippen LogP contribution in [0.1, 0.15) is 44.6 Å². The van der Waals surface area contributed by atoms with Gasteiger partial charge in [-0.2, -0.15) is 0 Å². The summed E-state index contributed by atoms with van der Waals surface area (Å²) < 4.78 is 5.59. The van der Waals surface area contributed by atoms with Gasteiger partial charge < -0.3 is 9.84 Å². The maximum Gasteiger partial charge on any atom is 0.304 e. The molecule has 0 saturated heterocycles. The number of carboxylic acid groups (broad SMARTS) is 1. The first kappa shape index (κ1) is 16.8. The summed E-state index contributed by atoms with van der Waals surface area (Å²) in [6.07, 6.45) is 6.32. The molecule has 1 aromatic rings. The highest BCUT2D eigenvalue weighted by molar-refractivity contribution is 5.69. The standard InChI is InChI=1S/C18H22O3/c1-3-5-6-7-13-21-17-11-9-15(10-12-17)16(8-4-2)14-18(19)20/h6-7,9-12,16H,3,5,13-14H2,1-2H3,(H,19,20)/b7-6+/t16-/m1/s1. The minimum Gasteiger partial charge on any atom is -0.490 e. The van der Waals surface area contributed by atoms with Gasteiger partial charge in [0.25, 0.3) is 0 Å². The molecule has 0 amide bonds. The molecule has 21 heavy (non-hydrogen) atoms. The van der Waals surface area contributed by atoms with Crippen LogP contribution in [-0.2, 0) is 4.79 Å². The summed E-state index contributed by atoms with van der Waals surface area (Å²) in [7, 11) is 0. The van der Waals surface area contributed by atoms with Crippen LogP contribution in [0, 0.1) is 11.8 Å². The third kappa shape index (κ3) is 6.67. The molecule has 1 N–H and O–H groups in total. The molecule has 112 valence electrons. The van der Waals surface area contributed by atoms with E-state index >= 15 is 0 Å². The third-order valence-electron chi connectivity index (χ3n) is 2.95. The molecule has 0 fully saturated rings. The van der Waals surface area contributed by atoms with Gasteiger partial charge in [-0.15, -0.1) is 5.92 Å². The molecule has 0 aliphatic carbocycles. The number of allylic oxidation sites excluding steroid dienone is 1. The largest absolute Gasteiger partial charge is 0.490 e. The second-order valence-corrected chi connectivity index (χ2v) is 4.68. The van der Waals surface area contributed by atoms with E-state index in [0.717, 1.165) is 24.2 Å². The van der Waals surface area contributed by atoms with Crippen LogP contribution >= 0.6 is 0 Å². The summed E-state index contributed by atoms with van der Waals surface area (Å²) in [5.41, 5.74) is 0.903. The van der Waals surface area contributed by atoms with E-state index in [2.05, 4.69) is 24.8 Å². The average molecular weight is 286 g/mol. The monoisotopic (exact) mass is 286 g/mol. The van der Waals surface area contributed by atoms with Crippen LogP contribution in [0.3, 0.4) is 0 Å². The van der Waals surface area contributed by atoms with Crippen molar-refractivity contribution in [1.82, 2.24) is 0 Å². The van der Waals surface area contributed by atoms with Crippen molar-refractivity contribution in [2.45, 2.75) is 39.0 Å². The zero-order chi connectivity index (χ0) is 15.5. The zero-order valence-corrected chi connectivity index (χ0v) is 12.6. The predicted molar refractivity (Wildman–Crippen MR) is 84.4 cm³/mol. The predicted octanol–water partition coefficient (Wildman–Crippen LogP) is 4.00. The minimum atomic E-state index is -0.843. The van der Waals surface area contributed by atoms with Crippen molar-refractivity contribution >= 4 is 5.97 Å². The quantitative estimate of drug-likeness (QED) is 0.580. The Bertz CT molecular complexity index is 518. The lowest BCUT2D eigenvalue weighted by atomic mass is 9.96. The molecule has 0 radical (unpaired) electrons. The second kappa shape index (κ2) is 9.66. The molecule has 3 nitrogen and oxygen atoms in total. The Hall–Kier alpha value is -2.21. The molecule has 1 atom stereocenters. The molecule has 0 spiro atoms. The van der Waals surface area contributed by atoms with E-state index in [-0.39, 0.29) is 12.3 Å². The summed E-state index contributed by atoms with van der Waals surface area (Å²) >= 11 is 0. The molecule has 0 unspecified atom stereocenters. The van der Waals surface area contributed by atoms with Crippen LogP contribution in [0.25, 0.3) is 0 Å². The van der Waals surface area contributed by atoms with E-state index in [4.69, 9.17) is 9.84 Å². The lowest BCUT2D eigenvalue weighted by Crippen LogP contribution is -2.04. The Morgan fingerprint density at radius 1 is 1.33 bits per heavy atom. The van der Waals surface area contributed by atoms with Crippen LogP contribution in [0.5, 0.6) is 5.75 Å². The molecular formula is C18H22O3. The smallest absolute Gasteiger partial charge is 0.304 e. The first-order valence-electron chi connectivity index (χ1n) is 7.19. The third-order valence-corrected chi connectivity index (χ3v) is 2.95. The Morgan fingerprint density at radius 2 is 2.05 bits per heavy atom. The van der Waals surface area contributed by atoms with E-state index in [1.807, 2.05) is 30.3 Å². The summed E-state index contributed by atoms with van der Waals surface area (Å²) in [4.78, 5) is 10.9. The van der Waals surface area contributed by atoms with Crippen molar-refractivity contribution in [1.29, 1.82) is 0 Å². The number of hydrogen-bond acceptors (Lipinski definition) is 2. The lowest BCUT2D eigenvalue weighted by Gasteiger charge is -2.10. The van der Waals surface area contributed by atoms with Crippen molar-refractivity contribution in [2.24, 2.45) is 0 Å². The second-order valence-electron chi connectivity index (χ2n) is 4.68. The van der Waals surface area contributed by atoms with Crippen LogP contribution in [0.15, 0.2) is 36.4 Å². The van der Waals surface area contributed by atoms with Crippen LogP contribution in [0.4, 0.5) is 0 Å². The molecule has 0 aliphatic heterocycles. The highest BCUT2D eigenvalue weighted by Gasteiger charge is 2.12. The number of carbonyl (C=O) groups is 1. The molecule has 0 heterocycles. The fourth-order valence-electron chi connectivity index (χ4n) is 1.89. The Labute approximate surface area is 126 Å². The van der Waals surface area contributed by atoms with E-state index in [1.165, 1.54) is 0 Å². The van der Waals surface area contributed by atoms with Gasteiger partial charge in [0.15, 0.2) is 0 Å². The molecule has 3 heteroatoms. The van der Waals surface area contributed by atoms with Gasteiger partial charge in [0.05, 0.1) is 12.3 Å². The first-order chi connectivity index (χ1) is 10.2. The van der Waals surface area contributed by atoms with E-state index < -0.39 is 5.97 Å². The van der Waals surface area contributed by atoms with Gasteiger partial charge in [-0.25, -0.2) is 0 Å². The van der Waals surface area contributed by atoms with E-state index in [0.29, 0.717) is 6.61 Å². The number of ether oxygens (including phenoxy) is 1. The van der Waals surface area contributed by atoms with Crippen LogP contribution < -0.4 is 4.74 Å². The van der Waals surface area contributed by atoms with Crippen LogP contribution in [-0.4, -0.2) is 17.7 Å². The average Bonchev–Trinajstić information content (AvgIpc) is 2.47. The van der Waals surface area contributed by atoms with Gasteiger partial charge in [0.1, 0.15) is 12.4 Å². The fraction of sp³-hybridized carbons (Fsp3) is 0.389. The fourth-order valence-corrected chi connectivity index (χ4v) is 1.89. The molecule has 0 aliphatic rings. The first-order valence-corrected chi connectivity index (χ1v) is 7.19. The molecule has 0 saturated carbocycles. The number of benzene rings is 1. The Morgan fingerprint density at radius 3 is 2.62 bits per heavy atom. The summed E-state index contributed by atoms with van der Waals surface area (Å²) in [6, 6.07) is 7.47. The van der Waals surface area contributed by atoms with Crippen molar-refractivity contribution < 1.29 is 14.6 Å².